The number of hydrogen-bond donors (Lipinski definition) is 1. The van der Waals surface area contributed by atoms with E-state index in [2.05, 4.69) is 12.2 Å². The number of benzene rings is 1. The molecule has 2 aromatic rings. The molecular formula is C18H20Cl2N2OS. The van der Waals surface area contributed by atoms with E-state index in [0.29, 0.717) is 11.8 Å². The second-order valence-electron chi connectivity index (χ2n) is 6.52. The Morgan fingerprint density at radius 1 is 1.25 bits per heavy atom. The molecule has 1 aromatic heterocycles. The van der Waals surface area contributed by atoms with Gasteiger partial charge in [0.1, 0.15) is 0 Å². The van der Waals surface area contributed by atoms with Gasteiger partial charge in [0.25, 0.3) is 5.91 Å². The van der Waals surface area contributed by atoms with E-state index in [1.165, 1.54) is 0 Å². The van der Waals surface area contributed by atoms with E-state index in [1.807, 2.05) is 35.2 Å². The Labute approximate surface area is 157 Å². The first-order chi connectivity index (χ1) is 11.1. The standard InChI is InChI=1S/C18H19ClN2OS.ClH/c1-11-5-16(23-17(11)12-3-2-4-15(19)6-12)18(22)21-9-13-7-20-8-14(13)10-21;/h2-6,13-14,20H,7-10H2,1H3;1H/t13-,14+;. The molecule has 2 saturated heterocycles. The summed E-state index contributed by atoms with van der Waals surface area (Å²) in [5.41, 5.74) is 2.23. The molecule has 1 amide bonds. The van der Waals surface area contributed by atoms with E-state index in [0.717, 1.165) is 52.1 Å². The van der Waals surface area contributed by atoms with E-state index in [-0.39, 0.29) is 18.3 Å². The monoisotopic (exact) mass is 382 g/mol. The molecule has 2 aliphatic heterocycles. The minimum absolute atomic E-state index is 0. The molecule has 1 aromatic carbocycles. The van der Waals surface area contributed by atoms with Crippen molar-refractivity contribution in [3.63, 3.8) is 0 Å². The van der Waals surface area contributed by atoms with Gasteiger partial charge in [0.2, 0.25) is 0 Å². The van der Waals surface area contributed by atoms with Crippen molar-refractivity contribution >= 4 is 41.3 Å². The van der Waals surface area contributed by atoms with Gasteiger partial charge in [-0.1, -0.05) is 23.7 Å². The van der Waals surface area contributed by atoms with Crippen LogP contribution in [-0.4, -0.2) is 37.0 Å². The average Bonchev–Trinajstić information content (AvgIpc) is 3.20. The highest BCUT2D eigenvalue weighted by atomic mass is 35.5. The fraction of sp³-hybridized carbons (Fsp3) is 0.389. The summed E-state index contributed by atoms with van der Waals surface area (Å²) in [4.78, 5) is 16.8. The van der Waals surface area contributed by atoms with E-state index in [1.54, 1.807) is 11.3 Å². The summed E-state index contributed by atoms with van der Waals surface area (Å²) in [7, 11) is 0. The highest BCUT2D eigenvalue weighted by Crippen LogP contribution is 2.35. The van der Waals surface area contributed by atoms with Crippen LogP contribution in [0, 0.1) is 18.8 Å². The molecule has 2 aliphatic rings. The second-order valence-corrected chi connectivity index (χ2v) is 8.01. The topological polar surface area (TPSA) is 32.3 Å². The van der Waals surface area contributed by atoms with Crippen LogP contribution in [-0.2, 0) is 0 Å². The zero-order chi connectivity index (χ0) is 16.0. The van der Waals surface area contributed by atoms with Gasteiger partial charge < -0.3 is 10.2 Å². The number of halogens is 2. The number of nitrogens with one attached hydrogen (secondary N) is 1. The van der Waals surface area contributed by atoms with E-state index < -0.39 is 0 Å². The Hall–Kier alpha value is -1.07. The molecule has 3 nitrogen and oxygen atoms in total. The van der Waals surface area contributed by atoms with Crippen LogP contribution in [0.1, 0.15) is 15.2 Å². The lowest BCUT2D eigenvalue weighted by atomic mass is 10.0. The van der Waals surface area contributed by atoms with Crippen LogP contribution in [0.5, 0.6) is 0 Å². The average molecular weight is 383 g/mol. The normalized spacial score (nSPS) is 22.3. The van der Waals surface area contributed by atoms with Crippen LogP contribution in [0.15, 0.2) is 30.3 Å². The number of aryl methyl sites for hydroxylation is 1. The van der Waals surface area contributed by atoms with E-state index >= 15 is 0 Å². The van der Waals surface area contributed by atoms with Gasteiger partial charge in [0.15, 0.2) is 0 Å². The largest absolute Gasteiger partial charge is 0.337 e. The van der Waals surface area contributed by atoms with Gasteiger partial charge in [-0.25, -0.2) is 0 Å². The van der Waals surface area contributed by atoms with Crippen LogP contribution in [0.3, 0.4) is 0 Å². The molecule has 0 saturated carbocycles. The van der Waals surface area contributed by atoms with Gasteiger partial charge in [-0.3, -0.25) is 4.79 Å². The molecule has 6 heteroatoms. The summed E-state index contributed by atoms with van der Waals surface area (Å²) in [5, 5.41) is 4.14. The quantitative estimate of drug-likeness (QED) is 0.847. The molecule has 0 unspecified atom stereocenters. The van der Waals surface area contributed by atoms with Gasteiger partial charge in [0, 0.05) is 36.1 Å². The van der Waals surface area contributed by atoms with Crippen LogP contribution < -0.4 is 5.32 Å². The summed E-state index contributed by atoms with van der Waals surface area (Å²) in [6.07, 6.45) is 0. The fourth-order valence-electron chi connectivity index (χ4n) is 3.68. The van der Waals surface area contributed by atoms with Crippen molar-refractivity contribution < 1.29 is 4.79 Å². The van der Waals surface area contributed by atoms with Crippen molar-refractivity contribution in [3.05, 3.63) is 45.8 Å². The number of nitrogens with zero attached hydrogens (tertiary/aromatic N) is 1. The fourth-order valence-corrected chi connectivity index (χ4v) is 5.01. The van der Waals surface area contributed by atoms with Gasteiger partial charge in [-0.2, -0.15) is 0 Å². The number of carbonyl (C=O) groups is 1. The predicted octanol–water partition coefficient (Wildman–Crippen LogP) is 4.09. The van der Waals surface area contributed by atoms with Crippen LogP contribution >= 0.6 is 35.3 Å². The first-order valence-electron chi connectivity index (χ1n) is 7.98. The summed E-state index contributed by atoms with van der Waals surface area (Å²) < 4.78 is 0. The molecule has 3 heterocycles. The number of thiophene rings is 1. The molecule has 128 valence electrons. The van der Waals surface area contributed by atoms with Crippen LogP contribution in [0.25, 0.3) is 10.4 Å². The lowest BCUT2D eigenvalue weighted by Crippen LogP contribution is -2.31. The van der Waals surface area contributed by atoms with E-state index in [4.69, 9.17) is 11.6 Å². The number of amides is 1. The van der Waals surface area contributed by atoms with Crippen LogP contribution in [0.4, 0.5) is 0 Å². The second kappa shape index (κ2) is 7.04. The van der Waals surface area contributed by atoms with Crippen molar-refractivity contribution in [3.8, 4) is 10.4 Å². The molecule has 0 spiro atoms. The third-order valence-electron chi connectivity index (χ3n) is 4.89. The molecule has 0 aliphatic carbocycles. The maximum atomic E-state index is 12.8. The van der Waals surface area contributed by atoms with Crippen molar-refractivity contribution in [2.45, 2.75) is 6.92 Å². The highest BCUT2D eigenvalue weighted by molar-refractivity contribution is 7.17. The maximum Gasteiger partial charge on any atom is 0.263 e. The Morgan fingerprint density at radius 3 is 2.62 bits per heavy atom. The van der Waals surface area contributed by atoms with Crippen molar-refractivity contribution in [1.82, 2.24) is 10.2 Å². The minimum Gasteiger partial charge on any atom is -0.337 e. The van der Waals surface area contributed by atoms with Crippen molar-refractivity contribution in [2.75, 3.05) is 26.2 Å². The number of hydrogen-bond acceptors (Lipinski definition) is 3. The molecular weight excluding hydrogens is 363 g/mol. The SMILES string of the molecule is Cc1cc(C(=O)N2C[C@H]3CNC[C@H]3C2)sc1-c1cccc(Cl)c1.Cl. The summed E-state index contributed by atoms with van der Waals surface area (Å²) >= 11 is 7.68. The molecule has 2 fully saturated rings. The van der Waals surface area contributed by atoms with Gasteiger partial charge in [-0.05, 0) is 48.1 Å². The van der Waals surface area contributed by atoms with Gasteiger partial charge in [0.05, 0.1) is 4.88 Å². The predicted molar refractivity (Wildman–Crippen MR) is 103 cm³/mol. The Morgan fingerprint density at radius 2 is 1.96 bits per heavy atom. The molecule has 0 bridgehead atoms. The summed E-state index contributed by atoms with van der Waals surface area (Å²) in [5.74, 6) is 1.44. The Balaban J connectivity index is 0.00000169. The number of carbonyl (C=O) groups excluding carboxylic acids is 1. The molecule has 1 N–H and O–H groups in total. The van der Waals surface area contributed by atoms with Crippen molar-refractivity contribution in [1.29, 1.82) is 0 Å². The zero-order valence-corrected chi connectivity index (χ0v) is 15.8. The first kappa shape index (κ1) is 17.7. The van der Waals surface area contributed by atoms with Crippen LogP contribution in [0.2, 0.25) is 5.02 Å². The smallest absolute Gasteiger partial charge is 0.263 e. The highest BCUT2D eigenvalue weighted by Gasteiger charge is 2.38. The molecule has 4 rings (SSSR count). The minimum atomic E-state index is 0. The Bertz CT molecular complexity index is 749. The molecule has 24 heavy (non-hydrogen) atoms. The molecule has 2 atom stereocenters. The zero-order valence-electron chi connectivity index (χ0n) is 13.4. The van der Waals surface area contributed by atoms with Crippen molar-refractivity contribution in [2.24, 2.45) is 11.8 Å². The third kappa shape index (κ3) is 3.21. The van der Waals surface area contributed by atoms with Gasteiger partial charge >= 0.3 is 0 Å². The maximum absolute atomic E-state index is 12.8. The number of rotatable bonds is 2. The van der Waals surface area contributed by atoms with Gasteiger partial charge in [-0.15, -0.1) is 23.7 Å². The lowest BCUT2D eigenvalue weighted by molar-refractivity contribution is 0.0786. The van der Waals surface area contributed by atoms with E-state index in [9.17, 15) is 4.79 Å². The Kier molecular flexibility index (Phi) is 5.21. The number of likely N-dealkylation sites (tertiary alicyclic amines) is 1. The lowest BCUT2D eigenvalue weighted by Gasteiger charge is -2.16. The molecule has 0 radical (unpaired) electrons. The third-order valence-corrected chi connectivity index (χ3v) is 6.40. The summed E-state index contributed by atoms with van der Waals surface area (Å²) in [6, 6.07) is 9.85. The first-order valence-corrected chi connectivity index (χ1v) is 9.17. The number of fused-ring (bicyclic) bond motifs is 1. The summed E-state index contributed by atoms with van der Waals surface area (Å²) in [6.45, 7) is 5.93.